The molecule has 1 saturated heterocycles. The van der Waals surface area contributed by atoms with Crippen molar-refractivity contribution in [1.29, 1.82) is 0 Å². The molecule has 0 saturated carbocycles. The van der Waals surface area contributed by atoms with E-state index in [2.05, 4.69) is 43.3 Å². The van der Waals surface area contributed by atoms with Gasteiger partial charge in [-0.25, -0.2) is 0 Å². The van der Waals surface area contributed by atoms with Crippen LogP contribution < -0.4 is 4.57 Å². The molecule has 23 heavy (non-hydrogen) atoms. The predicted molar refractivity (Wildman–Crippen MR) is 90.8 cm³/mol. The van der Waals surface area contributed by atoms with Gasteiger partial charge < -0.3 is 4.90 Å². The van der Waals surface area contributed by atoms with E-state index in [4.69, 9.17) is 0 Å². The van der Waals surface area contributed by atoms with Crippen LogP contribution in [0.25, 0.3) is 0 Å². The third-order valence-electron chi connectivity index (χ3n) is 4.66. The first-order chi connectivity index (χ1) is 11.2. The molecule has 0 atom stereocenters. The van der Waals surface area contributed by atoms with Gasteiger partial charge in [0.05, 0.1) is 0 Å². The predicted octanol–water partition coefficient (Wildman–Crippen LogP) is 2.76. The van der Waals surface area contributed by atoms with Crippen LogP contribution in [0.2, 0.25) is 0 Å². The average Bonchev–Trinajstić information content (AvgIpc) is 2.56. The molecule has 1 aromatic carbocycles. The molecule has 0 spiro atoms. The fraction of sp³-hybridized carbons (Fsp3) is 0.400. The third kappa shape index (κ3) is 4.41. The Balaban J connectivity index is 1.49. The molecule has 1 aliphatic heterocycles. The number of amides is 1. The third-order valence-corrected chi connectivity index (χ3v) is 4.66. The SMILES string of the molecule is Cc1ccc[n+](CC(=O)N2CCC(Cc3ccccc3)CC2)c1. The zero-order valence-electron chi connectivity index (χ0n) is 13.8. The van der Waals surface area contributed by atoms with E-state index in [-0.39, 0.29) is 5.91 Å². The van der Waals surface area contributed by atoms with Crippen LogP contribution in [0.4, 0.5) is 0 Å². The van der Waals surface area contributed by atoms with Crippen molar-refractivity contribution in [3.8, 4) is 0 Å². The number of hydrogen-bond acceptors (Lipinski definition) is 1. The van der Waals surface area contributed by atoms with E-state index in [1.807, 2.05) is 27.9 Å². The summed E-state index contributed by atoms with van der Waals surface area (Å²) in [6, 6.07) is 14.7. The van der Waals surface area contributed by atoms with E-state index in [0.29, 0.717) is 12.5 Å². The van der Waals surface area contributed by atoms with Crippen LogP contribution >= 0.6 is 0 Å². The summed E-state index contributed by atoms with van der Waals surface area (Å²) in [5.74, 6) is 0.937. The highest BCUT2D eigenvalue weighted by atomic mass is 16.2. The zero-order chi connectivity index (χ0) is 16.1. The molecule has 0 bridgehead atoms. The highest BCUT2D eigenvalue weighted by Gasteiger charge is 2.24. The monoisotopic (exact) mass is 309 g/mol. The van der Waals surface area contributed by atoms with Gasteiger partial charge >= 0.3 is 0 Å². The number of aryl methyl sites for hydroxylation is 1. The molecular formula is C20H25N2O+. The fourth-order valence-corrected chi connectivity index (χ4v) is 3.34. The van der Waals surface area contributed by atoms with E-state index >= 15 is 0 Å². The number of benzene rings is 1. The number of hydrogen-bond donors (Lipinski definition) is 0. The Bertz CT molecular complexity index is 646. The Labute approximate surface area is 138 Å². The Morgan fingerprint density at radius 2 is 1.87 bits per heavy atom. The van der Waals surface area contributed by atoms with E-state index in [1.54, 1.807) is 0 Å². The summed E-state index contributed by atoms with van der Waals surface area (Å²) < 4.78 is 1.98. The molecule has 1 fully saturated rings. The van der Waals surface area contributed by atoms with E-state index in [9.17, 15) is 4.79 Å². The largest absolute Gasteiger partial charge is 0.337 e. The van der Waals surface area contributed by atoms with Gasteiger partial charge in [-0.15, -0.1) is 0 Å². The molecule has 2 heterocycles. The van der Waals surface area contributed by atoms with Crippen molar-refractivity contribution in [2.75, 3.05) is 13.1 Å². The highest BCUT2D eigenvalue weighted by Crippen LogP contribution is 2.21. The highest BCUT2D eigenvalue weighted by molar-refractivity contribution is 5.74. The van der Waals surface area contributed by atoms with Gasteiger partial charge in [-0.05, 0) is 43.7 Å². The Morgan fingerprint density at radius 1 is 1.13 bits per heavy atom. The number of likely N-dealkylation sites (tertiary alicyclic amines) is 1. The van der Waals surface area contributed by atoms with Crippen molar-refractivity contribution in [2.45, 2.75) is 32.7 Å². The maximum absolute atomic E-state index is 12.4. The average molecular weight is 309 g/mol. The smallest absolute Gasteiger partial charge is 0.288 e. The van der Waals surface area contributed by atoms with Gasteiger partial charge in [-0.3, -0.25) is 4.79 Å². The molecular weight excluding hydrogens is 284 g/mol. The first kappa shape index (κ1) is 15.7. The molecule has 0 aliphatic carbocycles. The first-order valence-corrected chi connectivity index (χ1v) is 8.48. The summed E-state index contributed by atoms with van der Waals surface area (Å²) >= 11 is 0. The number of aromatic nitrogens is 1. The van der Waals surface area contributed by atoms with Crippen LogP contribution in [-0.4, -0.2) is 23.9 Å². The summed E-state index contributed by atoms with van der Waals surface area (Å²) in [5.41, 5.74) is 2.59. The molecule has 0 N–H and O–H groups in total. The minimum atomic E-state index is 0.235. The lowest BCUT2D eigenvalue weighted by molar-refractivity contribution is -0.685. The molecule has 0 unspecified atom stereocenters. The van der Waals surface area contributed by atoms with Gasteiger partial charge in [-0.1, -0.05) is 30.3 Å². The van der Waals surface area contributed by atoms with Crippen LogP contribution in [0.5, 0.6) is 0 Å². The van der Waals surface area contributed by atoms with Crippen molar-refractivity contribution in [1.82, 2.24) is 4.90 Å². The molecule has 120 valence electrons. The Kier molecular flexibility index (Phi) is 5.06. The molecule has 3 nitrogen and oxygen atoms in total. The number of carbonyl (C=O) groups is 1. The second kappa shape index (κ2) is 7.40. The maximum atomic E-state index is 12.4. The van der Waals surface area contributed by atoms with Gasteiger partial charge in [0.1, 0.15) is 0 Å². The maximum Gasteiger partial charge on any atom is 0.288 e. The van der Waals surface area contributed by atoms with Gasteiger partial charge in [0.15, 0.2) is 12.4 Å². The van der Waals surface area contributed by atoms with Gasteiger partial charge in [0.25, 0.3) is 5.91 Å². The molecule has 3 heteroatoms. The zero-order valence-corrected chi connectivity index (χ0v) is 13.8. The standard InChI is InChI=1S/C20H25N2O/c1-17-6-5-11-21(15-17)16-20(23)22-12-9-19(10-13-22)14-18-7-3-2-4-8-18/h2-8,11,15,19H,9-10,12-14,16H2,1H3/q+1. The van der Waals surface area contributed by atoms with Gasteiger partial charge in [-0.2, -0.15) is 4.57 Å². The van der Waals surface area contributed by atoms with Crippen LogP contribution in [0.1, 0.15) is 24.0 Å². The second-order valence-corrected chi connectivity index (χ2v) is 6.57. The number of rotatable bonds is 4. The molecule has 1 amide bonds. The van der Waals surface area contributed by atoms with Crippen LogP contribution in [0, 0.1) is 12.8 Å². The Morgan fingerprint density at radius 3 is 2.57 bits per heavy atom. The van der Waals surface area contributed by atoms with Crippen molar-refractivity contribution >= 4 is 5.91 Å². The number of piperidine rings is 1. The summed E-state index contributed by atoms with van der Waals surface area (Å²) in [5, 5.41) is 0. The van der Waals surface area contributed by atoms with Crippen LogP contribution in [0.3, 0.4) is 0 Å². The molecule has 1 aliphatic rings. The van der Waals surface area contributed by atoms with Crippen molar-refractivity contribution in [3.05, 3.63) is 66.0 Å². The van der Waals surface area contributed by atoms with E-state index in [1.165, 1.54) is 11.1 Å². The number of carbonyl (C=O) groups excluding carboxylic acids is 1. The minimum absolute atomic E-state index is 0.235. The summed E-state index contributed by atoms with van der Waals surface area (Å²) in [6.07, 6.45) is 7.35. The lowest BCUT2D eigenvalue weighted by Gasteiger charge is -2.31. The fourth-order valence-electron chi connectivity index (χ4n) is 3.34. The number of nitrogens with zero attached hydrogens (tertiary/aromatic N) is 2. The van der Waals surface area contributed by atoms with Crippen LogP contribution in [0.15, 0.2) is 54.9 Å². The first-order valence-electron chi connectivity index (χ1n) is 8.48. The molecule has 1 aromatic heterocycles. The molecule has 3 rings (SSSR count). The second-order valence-electron chi connectivity index (χ2n) is 6.57. The van der Waals surface area contributed by atoms with E-state index in [0.717, 1.165) is 32.4 Å². The summed E-state index contributed by atoms with van der Waals surface area (Å²) in [6.45, 7) is 4.28. The Hall–Kier alpha value is -2.16. The summed E-state index contributed by atoms with van der Waals surface area (Å²) in [7, 11) is 0. The lowest BCUT2D eigenvalue weighted by atomic mass is 9.90. The van der Waals surface area contributed by atoms with Gasteiger partial charge in [0.2, 0.25) is 6.54 Å². The minimum Gasteiger partial charge on any atom is -0.337 e. The van der Waals surface area contributed by atoms with Crippen molar-refractivity contribution in [2.24, 2.45) is 5.92 Å². The number of pyridine rings is 1. The van der Waals surface area contributed by atoms with Crippen LogP contribution in [-0.2, 0) is 17.8 Å². The molecule has 0 radical (unpaired) electrons. The van der Waals surface area contributed by atoms with E-state index < -0.39 is 0 Å². The van der Waals surface area contributed by atoms with Crippen molar-refractivity contribution in [3.63, 3.8) is 0 Å². The quantitative estimate of drug-likeness (QED) is 0.797. The van der Waals surface area contributed by atoms with Gasteiger partial charge in [0, 0.05) is 24.7 Å². The topological polar surface area (TPSA) is 24.2 Å². The lowest BCUT2D eigenvalue weighted by Crippen LogP contribution is -2.47. The summed E-state index contributed by atoms with van der Waals surface area (Å²) in [4.78, 5) is 14.5. The molecule has 2 aromatic rings. The normalized spacial score (nSPS) is 15.6. The van der Waals surface area contributed by atoms with Crippen molar-refractivity contribution < 1.29 is 9.36 Å².